The zero-order chi connectivity index (χ0) is 11.5. The highest BCUT2D eigenvalue weighted by Gasteiger charge is 2.02. The molecule has 2 rings (SSSR count). The van der Waals surface area contributed by atoms with Crippen LogP contribution < -0.4 is 4.72 Å². The zero-order valence-corrected chi connectivity index (χ0v) is 10.7. The maximum atomic E-state index is 10.5. The Kier molecular flexibility index (Phi) is 3.70. The normalized spacial score (nSPS) is 12.9. The molecule has 5 heteroatoms. The van der Waals surface area contributed by atoms with Gasteiger partial charge in [0.05, 0.1) is 0 Å². The quantitative estimate of drug-likeness (QED) is 0.885. The molecule has 0 radical (unpaired) electrons. The molecular formula is C11H9BrNO2S-. The summed E-state index contributed by atoms with van der Waals surface area (Å²) in [6, 6.07) is 11.7. The van der Waals surface area contributed by atoms with Crippen molar-refractivity contribution in [1.82, 2.24) is 4.72 Å². The Morgan fingerprint density at radius 2 is 1.88 bits per heavy atom. The summed E-state index contributed by atoms with van der Waals surface area (Å²) in [4.78, 5) is 0. The average Bonchev–Trinajstić information content (AvgIpc) is 2.27. The van der Waals surface area contributed by atoms with Gasteiger partial charge in [-0.3, -0.25) is 4.21 Å². The minimum absolute atomic E-state index is 0.309. The maximum Gasteiger partial charge on any atom is 0.0328 e. The van der Waals surface area contributed by atoms with E-state index in [0.717, 1.165) is 20.8 Å². The van der Waals surface area contributed by atoms with Crippen molar-refractivity contribution in [2.75, 3.05) is 0 Å². The number of fused-ring (bicyclic) bond motifs is 1. The summed E-state index contributed by atoms with van der Waals surface area (Å²) in [5.41, 5.74) is 0.961. The van der Waals surface area contributed by atoms with Crippen LogP contribution in [-0.2, 0) is 17.8 Å². The van der Waals surface area contributed by atoms with Crippen LogP contribution in [0.15, 0.2) is 40.9 Å². The molecule has 0 fully saturated rings. The third kappa shape index (κ3) is 2.49. The largest absolute Gasteiger partial charge is 0.760 e. The molecular weight excluding hydrogens is 290 g/mol. The Morgan fingerprint density at radius 1 is 1.19 bits per heavy atom. The molecule has 2 aromatic carbocycles. The smallest absolute Gasteiger partial charge is 0.0328 e. The fraction of sp³-hybridized carbons (Fsp3) is 0.0909. The highest BCUT2D eigenvalue weighted by atomic mass is 79.9. The second-order valence-electron chi connectivity index (χ2n) is 3.31. The lowest BCUT2D eigenvalue weighted by molar-refractivity contribution is 0.523. The summed E-state index contributed by atoms with van der Waals surface area (Å²) in [5.74, 6) is 0. The van der Waals surface area contributed by atoms with Gasteiger partial charge in [0.1, 0.15) is 0 Å². The minimum atomic E-state index is -2.23. The summed E-state index contributed by atoms with van der Waals surface area (Å²) in [6.45, 7) is 0.309. The summed E-state index contributed by atoms with van der Waals surface area (Å²) in [5, 5.41) is 2.13. The summed E-state index contributed by atoms with van der Waals surface area (Å²) >= 11 is 1.24. The van der Waals surface area contributed by atoms with E-state index in [4.69, 9.17) is 0 Å². The molecule has 2 aromatic rings. The molecule has 1 atom stereocenters. The minimum Gasteiger partial charge on any atom is -0.760 e. The molecule has 1 N–H and O–H groups in total. The van der Waals surface area contributed by atoms with Crippen molar-refractivity contribution in [3.05, 3.63) is 46.4 Å². The zero-order valence-electron chi connectivity index (χ0n) is 8.27. The van der Waals surface area contributed by atoms with Gasteiger partial charge in [-0.25, -0.2) is 4.72 Å². The molecule has 0 saturated heterocycles. The molecule has 0 amide bonds. The third-order valence-electron chi connectivity index (χ3n) is 2.34. The Morgan fingerprint density at radius 3 is 2.62 bits per heavy atom. The first-order valence-electron chi connectivity index (χ1n) is 4.67. The molecule has 3 nitrogen and oxygen atoms in total. The first-order chi connectivity index (χ1) is 7.68. The number of nitrogens with one attached hydrogen (secondary N) is 1. The van der Waals surface area contributed by atoms with Crippen LogP contribution in [0.1, 0.15) is 5.56 Å². The van der Waals surface area contributed by atoms with Gasteiger partial charge in [-0.05, 0) is 22.4 Å². The van der Waals surface area contributed by atoms with Crippen molar-refractivity contribution >= 4 is 38.0 Å². The van der Waals surface area contributed by atoms with Gasteiger partial charge in [0.2, 0.25) is 0 Å². The van der Waals surface area contributed by atoms with Crippen LogP contribution in [0.3, 0.4) is 0 Å². The molecule has 0 saturated carbocycles. The van der Waals surface area contributed by atoms with E-state index in [-0.39, 0.29) is 0 Å². The van der Waals surface area contributed by atoms with E-state index in [0.29, 0.717) is 6.54 Å². The van der Waals surface area contributed by atoms with E-state index in [9.17, 15) is 8.76 Å². The Bertz CT molecular complexity index is 544. The van der Waals surface area contributed by atoms with E-state index in [2.05, 4.69) is 20.7 Å². The number of hydrogen-bond acceptors (Lipinski definition) is 2. The van der Waals surface area contributed by atoms with Crippen LogP contribution in [0.4, 0.5) is 0 Å². The number of rotatable bonds is 3. The van der Waals surface area contributed by atoms with Gasteiger partial charge in [0, 0.05) is 22.3 Å². The fourth-order valence-corrected chi connectivity index (χ4v) is 2.40. The molecule has 0 bridgehead atoms. The summed E-state index contributed by atoms with van der Waals surface area (Å²) in [7, 11) is 0. The van der Waals surface area contributed by atoms with Crippen molar-refractivity contribution in [3.8, 4) is 0 Å². The van der Waals surface area contributed by atoms with Crippen molar-refractivity contribution < 1.29 is 8.76 Å². The van der Waals surface area contributed by atoms with Gasteiger partial charge in [0.15, 0.2) is 0 Å². The van der Waals surface area contributed by atoms with Gasteiger partial charge in [-0.15, -0.1) is 0 Å². The Balaban J connectivity index is 2.45. The van der Waals surface area contributed by atoms with Crippen molar-refractivity contribution in [1.29, 1.82) is 0 Å². The third-order valence-corrected chi connectivity index (χ3v) is 3.41. The van der Waals surface area contributed by atoms with Crippen molar-refractivity contribution in [2.24, 2.45) is 0 Å². The van der Waals surface area contributed by atoms with E-state index in [1.165, 1.54) is 0 Å². The van der Waals surface area contributed by atoms with Gasteiger partial charge in [-0.2, -0.15) is 0 Å². The fourth-order valence-electron chi connectivity index (χ4n) is 1.63. The van der Waals surface area contributed by atoms with Crippen molar-refractivity contribution in [3.63, 3.8) is 0 Å². The highest BCUT2D eigenvalue weighted by Crippen LogP contribution is 2.26. The molecule has 0 aliphatic rings. The topological polar surface area (TPSA) is 52.2 Å². The molecule has 16 heavy (non-hydrogen) atoms. The van der Waals surface area contributed by atoms with Crippen LogP contribution in [0, 0.1) is 0 Å². The van der Waals surface area contributed by atoms with E-state index in [1.54, 1.807) is 0 Å². The van der Waals surface area contributed by atoms with E-state index in [1.807, 2.05) is 36.4 Å². The molecule has 0 aromatic heterocycles. The number of benzene rings is 2. The average molecular weight is 299 g/mol. The van der Waals surface area contributed by atoms with Crippen LogP contribution in [0.5, 0.6) is 0 Å². The van der Waals surface area contributed by atoms with Gasteiger partial charge in [0.25, 0.3) is 0 Å². The predicted octanol–water partition coefficient (Wildman–Crippen LogP) is 2.49. The van der Waals surface area contributed by atoms with E-state index >= 15 is 0 Å². The molecule has 0 spiro atoms. The SMILES string of the molecule is O=S([O-])NCc1cccc2c(Br)cccc12. The molecule has 0 aliphatic carbocycles. The van der Waals surface area contributed by atoms with Crippen LogP contribution >= 0.6 is 15.9 Å². The standard InChI is InChI=1S/C11H10BrNO2S/c12-11-6-2-4-9-8(7-13-16(14)15)3-1-5-10(9)11/h1-6,13H,7H2,(H,14,15)/p-1. The Labute approximate surface area is 104 Å². The van der Waals surface area contributed by atoms with Crippen LogP contribution in [0.2, 0.25) is 0 Å². The lowest BCUT2D eigenvalue weighted by atomic mass is 10.1. The summed E-state index contributed by atoms with van der Waals surface area (Å²) < 4.78 is 24.3. The lowest BCUT2D eigenvalue weighted by Gasteiger charge is -2.10. The van der Waals surface area contributed by atoms with Gasteiger partial charge in [-0.1, -0.05) is 46.3 Å². The first kappa shape index (κ1) is 11.7. The second-order valence-corrected chi connectivity index (χ2v) is 4.92. The van der Waals surface area contributed by atoms with Gasteiger partial charge >= 0.3 is 0 Å². The highest BCUT2D eigenvalue weighted by molar-refractivity contribution is 9.10. The van der Waals surface area contributed by atoms with Crippen molar-refractivity contribution in [2.45, 2.75) is 6.54 Å². The second kappa shape index (κ2) is 5.05. The molecule has 0 aliphatic heterocycles. The molecule has 84 valence electrons. The molecule has 1 unspecified atom stereocenters. The monoisotopic (exact) mass is 298 g/mol. The summed E-state index contributed by atoms with van der Waals surface area (Å²) in [6.07, 6.45) is 0. The maximum absolute atomic E-state index is 10.5. The number of hydrogen-bond donors (Lipinski definition) is 1. The van der Waals surface area contributed by atoms with Crippen LogP contribution in [-0.4, -0.2) is 8.76 Å². The molecule has 0 heterocycles. The predicted molar refractivity (Wildman–Crippen MR) is 67.4 cm³/mol. The van der Waals surface area contributed by atoms with E-state index < -0.39 is 11.3 Å². The Hall–Kier alpha value is -0.750. The van der Waals surface area contributed by atoms with Crippen LogP contribution in [0.25, 0.3) is 10.8 Å². The first-order valence-corrected chi connectivity index (χ1v) is 6.54. The van der Waals surface area contributed by atoms with Gasteiger partial charge < -0.3 is 4.55 Å². The lowest BCUT2D eigenvalue weighted by Crippen LogP contribution is -2.15. The number of halogens is 1.